The first-order valence-electron chi connectivity index (χ1n) is 5.95. The third-order valence-electron chi connectivity index (χ3n) is 2.90. The second kappa shape index (κ2) is 4.58. The van der Waals surface area contributed by atoms with Crippen LogP contribution >= 0.6 is 0 Å². The molecule has 1 rings (SSSR count). The molecular formula is C15H24O. The van der Waals surface area contributed by atoms with Gasteiger partial charge in [0, 0.05) is 6.61 Å². The molecule has 1 aromatic carbocycles. The van der Waals surface area contributed by atoms with Crippen LogP contribution in [0.3, 0.4) is 0 Å². The Morgan fingerprint density at radius 1 is 1.06 bits per heavy atom. The standard InChI is InChI=1S/C15H24O/c1-14(2,3)13-8-6-7-12(9-13)10-15(4,5)11-16/h6-9,16H,10-11H2,1-5H3. The topological polar surface area (TPSA) is 20.2 Å². The van der Waals surface area contributed by atoms with Crippen molar-refractivity contribution in [3.8, 4) is 0 Å². The minimum atomic E-state index is -0.0312. The SMILES string of the molecule is CC(C)(CO)Cc1cccc(C(C)(C)C)c1. The van der Waals surface area contributed by atoms with Crippen molar-refractivity contribution in [1.82, 2.24) is 0 Å². The summed E-state index contributed by atoms with van der Waals surface area (Å²) in [7, 11) is 0. The number of hydrogen-bond acceptors (Lipinski definition) is 1. The first kappa shape index (κ1) is 13.2. The van der Waals surface area contributed by atoms with Gasteiger partial charge in [-0.1, -0.05) is 58.9 Å². The zero-order valence-electron chi connectivity index (χ0n) is 11.2. The number of rotatable bonds is 3. The fourth-order valence-corrected chi connectivity index (χ4v) is 1.76. The zero-order valence-corrected chi connectivity index (χ0v) is 11.2. The lowest BCUT2D eigenvalue weighted by atomic mass is 9.82. The van der Waals surface area contributed by atoms with Gasteiger partial charge in [-0.3, -0.25) is 0 Å². The van der Waals surface area contributed by atoms with Crippen molar-refractivity contribution in [2.75, 3.05) is 6.61 Å². The van der Waals surface area contributed by atoms with Crippen molar-refractivity contribution in [1.29, 1.82) is 0 Å². The van der Waals surface area contributed by atoms with Gasteiger partial charge in [-0.2, -0.15) is 0 Å². The monoisotopic (exact) mass is 220 g/mol. The summed E-state index contributed by atoms with van der Waals surface area (Å²) in [5.41, 5.74) is 2.83. The van der Waals surface area contributed by atoms with Crippen LogP contribution in [0.25, 0.3) is 0 Å². The molecule has 0 atom stereocenters. The number of aliphatic hydroxyl groups excluding tert-OH is 1. The van der Waals surface area contributed by atoms with Crippen LogP contribution in [0.1, 0.15) is 45.7 Å². The molecule has 0 bridgehead atoms. The van der Waals surface area contributed by atoms with Crippen LogP contribution in [-0.4, -0.2) is 11.7 Å². The van der Waals surface area contributed by atoms with Crippen LogP contribution < -0.4 is 0 Å². The molecule has 0 amide bonds. The van der Waals surface area contributed by atoms with Gasteiger partial charge in [0.05, 0.1) is 0 Å². The molecule has 16 heavy (non-hydrogen) atoms. The van der Waals surface area contributed by atoms with E-state index in [1.165, 1.54) is 11.1 Å². The average Bonchev–Trinajstić information content (AvgIpc) is 2.16. The zero-order chi connectivity index (χ0) is 12.4. The van der Waals surface area contributed by atoms with Gasteiger partial charge in [-0.05, 0) is 28.4 Å². The Hall–Kier alpha value is -0.820. The molecule has 0 saturated carbocycles. The van der Waals surface area contributed by atoms with Crippen molar-refractivity contribution in [2.24, 2.45) is 5.41 Å². The average molecular weight is 220 g/mol. The molecule has 0 aromatic heterocycles. The highest BCUT2D eigenvalue weighted by Crippen LogP contribution is 2.26. The van der Waals surface area contributed by atoms with Gasteiger partial charge in [-0.15, -0.1) is 0 Å². The number of aliphatic hydroxyl groups is 1. The molecule has 0 aliphatic rings. The summed E-state index contributed by atoms with van der Waals surface area (Å²) >= 11 is 0. The van der Waals surface area contributed by atoms with Crippen LogP contribution in [0, 0.1) is 5.41 Å². The van der Waals surface area contributed by atoms with E-state index in [-0.39, 0.29) is 17.4 Å². The maximum Gasteiger partial charge on any atom is 0.0485 e. The lowest BCUT2D eigenvalue weighted by Crippen LogP contribution is -2.20. The molecule has 0 radical (unpaired) electrons. The lowest BCUT2D eigenvalue weighted by Gasteiger charge is -2.24. The molecule has 1 N–H and O–H groups in total. The predicted octanol–water partition coefficient (Wildman–Crippen LogP) is 3.55. The van der Waals surface area contributed by atoms with Crippen molar-refractivity contribution in [2.45, 2.75) is 46.5 Å². The number of benzene rings is 1. The molecular weight excluding hydrogens is 196 g/mol. The summed E-state index contributed by atoms with van der Waals surface area (Å²) in [4.78, 5) is 0. The minimum absolute atomic E-state index is 0.0312. The molecule has 0 fully saturated rings. The second-order valence-corrected chi connectivity index (χ2v) is 6.45. The van der Waals surface area contributed by atoms with Crippen LogP contribution in [0.2, 0.25) is 0 Å². The van der Waals surface area contributed by atoms with E-state index in [1.807, 2.05) is 0 Å². The quantitative estimate of drug-likeness (QED) is 0.826. The Balaban J connectivity index is 2.92. The molecule has 0 heterocycles. The number of hydrogen-bond donors (Lipinski definition) is 1. The molecule has 0 aliphatic carbocycles. The lowest BCUT2D eigenvalue weighted by molar-refractivity contribution is 0.159. The van der Waals surface area contributed by atoms with Crippen LogP contribution in [0.5, 0.6) is 0 Å². The van der Waals surface area contributed by atoms with E-state index in [4.69, 9.17) is 0 Å². The van der Waals surface area contributed by atoms with Gasteiger partial charge in [0.15, 0.2) is 0 Å². The highest BCUT2D eigenvalue weighted by Gasteiger charge is 2.19. The summed E-state index contributed by atoms with van der Waals surface area (Å²) in [6.07, 6.45) is 0.924. The smallest absolute Gasteiger partial charge is 0.0485 e. The Labute approximate surface area is 99.5 Å². The first-order valence-corrected chi connectivity index (χ1v) is 5.95. The molecule has 1 nitrogen and oxygen atoms in total. The van der Waals surface area contributed by atoms with Gasteiger partial charge in [-0.25, -0.2) is 0 Å². The fraction of sp³-hybridized carbons (Fsp3) is 0.600. The fourth-order valence-electron chi connectivity index (χ4n) is 1.76. The summed E-state index contributed by atoms with van der Waals surface area (Å²) < 4.78 is 0. The maximum absolute atomic E-state index is 9.28. The van der Waals surface area contributed by atoms with Crippen molar-refractivity contribution < 1.29 is 5.11 Å². The Morgan fingerprint density at radius 2 is 1.69 bits per heavy atom. The molecule has 0 spiro atoms. The minimum Gasteiger partial charge on any atom is -0.396 e. The Bertz CT molecular complexity index is 345. The highest BCUT2D eigenvalue weighted by atomic mass is 16.3. The predicted molar refractivity (Wildman–Crippen MR) is 69.7 cm³/mol. The van der Waals surface area contributed by atoms with E-state index in [0.717, 1.165) is 6.42 Å². The van der Waals surface area contributed by atoms with Crippen LogP contribution in [0.4, 0.5) is 0 Å². The van der Waals surface area contributed by atoms with Crippen LogP contribution in [0.15, 0.2) is 24.3 Å². The third kappa shape index (κ3) is 3.64. The summed E-state index contributed by atoms with van der Waals surface area (Å²) in [5, 5.41) is 9.28. The first-order chi connectivity index (χ1) is 7.24. The van der Waals surface area contributed by atoms with E-state index in [9.17, 15) is 5.11 Å². The summed E-state index contributed by atoms with van der Waals surface area (Å²) in [6.45, 7) is 11.1. The van der Waals surface area contributed by atoms with Gasteiger partial charge in [0.1, 0.15) is 0 Å². The van der Waals surface area contributed by atoms with E-state index < -0.39 is 0 Å². The second-order valence-electron chi connectivity index (χ2n) is 6.45. The van der Waals surface area contributed by atoms with E-state index in [1.54, 1.807) is 0 Å². The van der Waals surface area contributed by atoms with Crippen molar-refractivity contribution >= 4 is 0 Å². The molecule has 0 aliphatic heterocycles. The maximum atomic E-state index is 9.28. The third-order valence-corrected chi connectivity index (χ3v) is 2.90. The van der Waals surface area contributed by atoms with Gasteiger partial charge >= 0.3 is 0 Å². The summed E-state index contributed by atoms with van der Waals surface area (Å²) in [6, 6.07) is 8.70. The Morgan fingerprint density at radius 3 is 2.19 bits per heavy atom. The molecule has 0 saturated heterocycles. The van der Waals surface area contributed by atoms with E-state index >= 15 is 0 Å². The van der Waals surface area contributed by atoms with Crippen LogP contribution in [-0.2, 0) is 11.8 Å². The van der Waals surface area contributed by atoms with E-state index in [0.29, 0.717) is 0 Å². The summed E-state index contributed by atoms with van der Waals surface area (Å²) in [5.74, 6) is 0. The highest BCUT2D eigenvalue weighted by molar-refractivity contribution is 5.29. The van der Waals surface area contributed by atoms with Gasteiger partial charge in [0.2, 0.25) is 0 Å². The van der Waals surface area contributed by atoms with Gasteiger partial charge < -0.3 is 5.11 Å². The van der Waals surface area contributed by atoms with E-state index in [2.05, 4.69) is 58.9 Å². The molecule has 1 heteroatoms. The largest absolute Gasteiger partial charge is 0.396 e. The molecule has 1 aromatic rings. The molecule has 90 valence electrons. The molecule has 0 unspecified atom stereocenters. The van der Waals surface area contributed by atoms with Crippen molar-refractivity contribution in [3.05, 3.63) is 35.4 Å². The normalized spacial score (nSPS) is 12.9. The van der Waals surface area contributed by atoms with Gasteiger partial charge in [0.25, 0.3) is 0 Å². The Kier molecular flexibility index (Phi) is 3.80. The van der Waals surface area contributed by atoms with Crippen molar-refractivity contribution in [3.63, 3.8) is 0 Å².